The van der Waals surface area contributed by atoms with Crippen LogP contribution in [-0.4, -0.2) is 17.5 Å². The molecule has 2 rings (SSSR count). The lowest BCUT2D eigenvalue weighted by Crippen LogP contribution is -2.45. The van der Waals surface area contributed by atoms with E-state index in [1.807, 2.05) is 37.3 Å². The Kier molecular flexibility index (Phi) is 4.07. The minimum absolute atomic E-state index is 0.256. The molecule has 1 aliphatic rings. The number of nitrogens with one attached hydrogen (secondary N) is 2. The number of rotatable bonds is 3. The van der Waals surface area contributed by atoms with Crippen molar-refractivity contribution in [2.75, 3.05) is 6.54 Å². The molecule has 1 aromatic rings. The summed E-state index contributed by atoms with van der Waals surface area (Å²) in [7, 11) is 0. The Balaban J connectivity index is 2.02. The summed E-state index contributed by atoms with van der Waals surface area (Å²) in [6.07, 6.45) is 0. The first kappa shape index (κ1) is 12.7. The Hall–Kier alpha value is -1.72. The van der Waals surface area contributed by atoms with Crippen LogP contribution >= 0.6 is 12.2 Å². The van der Waals surface area contributed by atoms with E-state index >= 15 is 0 Å². The van der Waals surface area contributed by atoms with E-state index in [9.17, 15) is 4.79 Å². The van der Waals surface area contributed by atoms with Gasteiger partial charge in [-0.2, -0.15) is 0 Å². The summed E-state index contributed by atoms with van der Waals surface area (Å²) in [5.74, 6) is -0.379. The van der Waals surface area contributed by atoms with Gasteiger partial charge in [0.15, 0.2) is 0 Å². The van der Waals surface area contributed by atoms with Crippen molar-refractivity contribution in [2.24, 2.45) is 0 Å². The number of ether oxygens (including phenoxy) is 1. The van der Waals surface area contributed by atoms with Gasteiger partial charge in [0.2, 0.25) is 0 Å². The fourth-order valence-corrected chi connectivity index (χ4v) is 1.99. The summed E-state index contributed by atoms with van der Waals surface area (Å²) < 4.78 is 5.26. The molecule has 1 aromatic carbocycles. The van der Waals surface area contributed by atoms with E-state index in [0.717, 1.165) is 11.1 Å². The molecule has 2 N–H and O–H groups in total. The molecule has 0 saturated heterocycles. The van der Waals surface area contributed by atoms with Crippen molar-refractivity contribution in [3.05, 3.63) is 47.0 Å². The van der Waals surface area contributed by atoms with Gasteiger partial charge < -0.3 is 10.2 Å². The first-order chi connectivity index (χ1) is 8.68. The van der Waals surface area contributed by atoms with Gasteiger partial charge in [-0.15, -0.1) is 0 Å². The third-order valence-electron chi connectivity index (χ3n) is 2.63. The zero-order chi connectivity index (χ0) is 13.0. The maximum Gasteiger partial charge on any atom is 0.341 e. The first-order valence-corrected chi connectivity index (χ1v) is 6.03. The average Bonchev–Trinajstić information content (AvgIpc) is 2.37. The van der Waals surface area contributed by atoms with Crippen molar-refractivity contribution in [2.45, 2.75) is 13.5 Å². The van der Waals surface area contributed by atoms with Crippen LogP contribution in [0.3, 0.4) is 0 Å². The van der Waals surface area contributed by atoms with E-state index in [1.165, 1.54) is 0 Å². The van der Waals surface area contributed by atoms with E-state index in [1.54, 1.807) is 0 Å². The summed E-state index contributed by atoms with van der Waals surface area (Å²) in [5.41, 5.74) is 7.95. The molecule has 0 unspecified atom stereocenters. The number of carbonyl (C=O) groups excluding carboxylic acids is 1. The van der Waals surface area contributed by atoms with Crippen LogP contribution in [0.5, 0.6) is 0 Å². The molecule has 0 radical (unpaired) electrons. The predicted octanol–water partition coefficient (Wildman–Crippen LogP) is 1.48. The Morgan fingerprint density at radius 2 is 2.11 bits per heavy atom. The Morgan fingerprint density at radius 1 is 1.39 bits per heavy atom. The summed E-state index contributed by atoms with van der Waals surface area (Å²) in [4.78, 5) is 12.3. The Morgan fingerprint density at radius 3 is 2.78 bits per heavy atom. The molecule has 0 amide bonds. The molecular weight excluding hydrogens is 248 g/mol. The van der Waals surface area contributed by atoms with Gasteiger partial charge in [0, 0.05) is 6.54 Å². The number of benzene rings is 1. The van der Waals surface area contributed by atoms with E-state index in [4.69, 9.17) is 17.0 Å². The van der Waals surface area contributed by atoms with Crippen molar-refractivity contribution in [3.8, 4) is 0 Å². The van der Waals surface area contributed by atoms with Crippen LogP contribution in [0.1, 0.15) is 12.5 Å². The molecule has 18 heavy (non-hydrogen) atoms. The lowest BCUT2D eigenvalue weighted by atomic mass is 10.1. The predicted molar refractivity (Wildman–Crippen MR) is 72.7 cm³/mol. The van der Waals surface area contributed by atoms with Crippen LogP contribution in [0, 0.1) is 0 Å². The second kappa shape index (κ2) is 5.75. The number of thiocarbonyl (C=S) groups is 1. The monoisotopic (exact) mass is 262 g/mol. The zero-order valence-corrected chi connectivity index (χ0v) is 10.8. The van der Waals surface area contributed by atoms with Crippen molar-refractivity contribution >= 4 is 23.2 Å². The van der Waals surface area contributed by atoms with Gasteiger partial charge in [-0.3, -0.25) is 0 Å². The minimum atomic E-state index is -0.379. The number of hydrazine groups is 1. The van der Waals surface area contributed by atoms with Crippen LogP contribution < -0.4 is 10.9 Å². The number of hydrogen-bond acceptors (Lipinski definition) is 4. The number of hydrogen-bond donors (Lipinski definition) is 2. The fraction of sp³-hybridized carbons (Fsp3) is 0.231. The molecule has 0 aromatic heterocycles. The second-order valence-electron chi connectivity index (χ2n) is 4.02. The Labute approximate surface area is 111 Å². The summed E-state index contributed by atoms with van der Waals surface area (Å²) >= 11 is 5.08. The standard InChI is InChI=1S/C13H14N2O2S/c1-9-7-14-15-12(18)11(9)13(16)17-8-10-5-3-2-4-6-10/h2-6,14H,7-8H2,1H3,(H,15,18). The molecule has 94 valence electrons. The van der Waals surface area contributed by atoms with Gasteiger partial charge in [0.25, 0.3) is 0 Å². The smallest absolute Gasteiger partial charge is 0.341 e. The fourth-order valence-electron chi connectivity index (χ4n) is 1.66. The molecule has 1 aliphatic heterocycles. The summed E-state index contributed by atoms with van der Waals surface area (Å²) in [6.45, 7) is 2.70. The van der Waals surface area contributed by atoms with Crippen molar-refractivity contribution in [1.29, 1.82) is 0 Å². The quantitative estimate of drug-likeness (QED) is 0.638. The maximum atomic E-state index is 12.0. The molecule has 5 heteroatoms. The van der Waals surface area contributed by atoms with Crippen molar-refractivity contribution in [3.63, 3.8) is 0 Å². The summed E-state index contributed by atoms with van der Waals surface area (Å²) in [5, 5.41) is 0. The zero-order valence-electron chi connectivity index (χ0n) is 10.0. The van der Waals surface area contributed by atoms with Gasteiger partial charge in [0.1, 0.15) is 11.6 Å². The number of carbonyl (C=O) groups is 1. The maximum absolute atomic E-state index is 12.0. The highest BCUT2D eigenvalue weighted by atomic mass is 32.1. The minimum Gasteiger partial charge on any atom is -0.457 e. The van der Waals surface area contributed by atoms with E-state index in [-0.39, 0.29) is 12.6 Å². The molecule has 4 nitrogen and oxygen atoms in total. The van der Waals surface area contributed by atoms with Gasteiger partial charge in [-0.25, -0.2) is 10.2 Å². The van der Waals surface area contributed by atoms with Gasteiger partial charge >= 0.3 is 5.97 Å². The lowest BCUT2D eigenvalue weighted by molar-refractivity contribution is -0.139. The molecular formula is C13H14N2O2S. The normalized spacial score (nSPS) is 15.3. The first-order valence-electron chi connectivity index (χ1n) is 5.62. The van der Waals surface area contributed by atoms with Gasteiger partial charge in [-0.05, 0) is 18.1 Å². The third-order valence-corrected chi connectivity index (χ3v) is 2.93. The molecule has 1 heterocycles. The van der Waals surface area contributed by atoms with Crippen LogP contribution in [0.4, 0.5) is 0 Å². The molecule has 0 spiro atoms. The van der Waals surface area contributed by atoms with Crippen LogP contribution in [0.25, 0.3) is 0 Å². The highest BCUT2D eigenvalue weighted by Gasteiger charge is 2.22. The third kappa shape index (κ3) is 2.94. The van der Waals surface area contributed by atoms with Crippen molar-refractivity contribution in [1.82, 2.24) is 10.9 Å². The lowest BCUT2D eigenvalue weighted by Gasteiger charge is -2.20. The topological polar surface area (TPSA) is 50.4 Å². The van der Waals surface area contributed by atoms with Gasteiger partial charge in [0.05, 0.1) is 5.57 Å². The van der Waals surface area contributed by atoms with Crippen molar-refractivity contribution < 1.29 is 9.53 Å². The molecule has 0 atom stereocenters. The highest BCUT2D eigenvalue weighted by molar-refractivity contribution is 7.80. The van der Waals surface area contributed by atoms with Crippen LogP contribution in [-0.2, 0) is 16.1 Å². The van der Waals surface area contributed by atoms with E-state index in [2.05, 4.69) is 10.9 Å². The van der Waals surface area contributed by atoms with Crippen LogP contribution in [0.2, 0.25) is 0 Å². The molecule has 0 saturated carbocycles. The van der Waals surface area contributed by atoms with Gasteiger partial charge in [-0.1, -0.05) is 42.5 Å². The average molecular weight is 262 g/mol. The van der Waals surface area contributed by atoms with E-state index < -0.39 is 0 Å². The molecule has 0 aliphatic carbocycles. The molecule has 0 bridgehead atoms. The van der Waals surface area contributed by atoms with Crippen LogP contribution in [0.15, 0.2) is 41.5 Å². The second-order valence-corrected chi connectivity index (χ2v) is 4.43. The number of esters is 1. The SMILES string of the molecule is CC1=C(C(=O)OCc2ccccc2)C(=S)NNC1. The summed E-state index contributed by atoms with van der Waals surface area (Å²) in [6, 6.07) is 9.56. The Bertz CT molecular complexity index is 497. The largest absolute Gasteiger partial charge is 0.457 e. The highest BCUT2D eigenvalue weighted by Crippen LogP contribution is 2.12. The molecule has 0 fully saturated rings. The van der Waals surface area contributed by atoms with E-state index in [0.29, 0.717) is 17.1 Å².